The average molecular weight is 340 g/mol. The van der Waals surface area contributed by atoms with Crippen LogP contribution in [0, 0.1) is 6.92 Å². The van der Waals surface area contributed by atoms with Gasteiger partial charge < -0.3 is 11.1 Å². The highest BCUT2D eigenvalue weighted by Gasteiger charge is 2.31. The maximum absolute atomic E-state index is 6.02. The molecule has 5 nitrogen and oxygen atoms in total. The van der Waals surface area contributed by atoms with Gasteiger partial charge in [-0.15, -0.1) is 5.10 Å². The van der Waals surface area contributed by atoms with Crippen molar-refractivity contribution in [3.8, 4) is 0 Å². The van der Waals surface area contributed by atoms with Crippen molar-refractivity contribution in [3.63, 3.8) is 0 Å². The van der Waals surface area contributed by atoms with Gasteiger partial charge in [-0.1, -0.05) is 48.0 Å². The lowest BCUT2D eigenvalue weighted by Crippen LogP contribution is -2.28. The quantitative estimate of drug-likeness (QED) is 0.741. The van der Waals surface area contributed by atoms with Crippen LogP contribution in [0.25, 0.3) is 0 Å². The van der Waals surface area contributed by atoms with Crippen molar-refractivity contribution in [2.45, 2.75) is 25.4 Å². The van der Waals surface area contributed by atoms with E-state index in [0.717, 1.165) is 11.4 Å². The molecule has 2 atom stereocenters. The van der Waals surface area contributed by atoms with Gasteiger partial charge in [0, 0.05) is 5.02 Å². The van der Waals surface area contributed by atoms with E-state index in [1.54, 1.807) is 0 Å². The van der Waals surface area contributed by atoms with Gasteiger partial charge in [0.2, 0.25) is 11.9 Å². The molecule has 0 aliphatic carbocycles. The summed E-state index contributed by atoms with van der Waals surface area (Å²) >= 11 is 6.02. The predicted octanol–water partition coefficient (Wildman–Crippen LogP) is 3.97. The lowest BCUT2D eigenvalue weighted by molar-refractivity contribution is 0.430. The highest BCUT2D eigenvalue weighted by molar-refractivity contribution is 6.30. The molecule has 6 heteroatoms. The third kappa shape index (κ3) is 2.61. The van der Waals surface area contributed by atoms with Crippen LogP contribution < -0.4 is 11.1 Å². The van der Waals surface area contributed by atoms with Crippen molar-refractivity contribution in [3.05, 3.63) is 70.2 Å². The number of nitrogen functional groups attached to an aromatic ring is 1. The first-order valence-electron chi connectivity index (χ1n) is 7.91. The number of rotatable bonds is 2. The molecule has 2 aromatic carbocycles. The van der Waals surface area contributed by atoms with Gasteiger partial charge in [0.15, 0.2) is 0 Å². The number of hydrogen-bond donors (Lipinski definition) is 2. The Morgan fingerprint density at radius 2 is 1.92 bits per heavy atom. The van der Waals surface area contributed by atoms with Gasteiger partial charge in [0.05, 0.1) is 12.1 Å². The third-order valence-corrected chi connectivity index (χ3v) is 4.78. The maximum atomic E-state index is 6.02. The molecule has 0 saturated heterocycles. The van der Waals surface area contributed by atoms with Crippen LogP contribution in [-0.4, -0.2) is 14.8 Å². The van der Waals surface area contributed by atoms with E-state index in [1.165, 1.54) is 16.7 Å². The second kappa shape index (κ2) is 5.83. The Bertz CT molecular complexity index is 871. The van der Waals surface area contributed by atoms with E-state index in [4.69, 9.17) is 17.3 Å². The van der Waals surface area contributed by atoms with Gasteiger partial charge in [-0.2, -0.15) is 4.98 Å². The first kappa shape index (κ1) is 15.0. The number of hydrogen-bond acceptors (Lipinski definition) is 4. The molecule has 0 saturated carbocycles. The number of benzene rings is 2. The van der Waals surface area contributed by atoms with E-state index < -0.39 is 0 Å². The topological polar surface area (TPSA) is 68.8 Å². The minimum Gasteiger partial charge on any atom is -0.366 e. The summed E-state index contributed by atoms with van der Waals surface area (Å²) in [5, 5.41) is 8.56. The molecule has 0 radical (unpaired) electrons. The van der Waals surface area contributed by atoms with Crippen LogP contribution in [0.1, 0.15) is 35.2 Å². The zero-order chi connectivity index (χ0) is 16.7. The summed E-state index contributed by atoms with van der Waals surface area (Å²) < 4.78 is 1.89. The largest absolute Gasteiger partial charge is 0.366 e. The van der Waals surface area contributed by atoms with Crippen molar-refractivity contribution in [1.82, 2.24) is 14.8 Å². The van der Waals surface area contributed by atoms with Crippen molar-refractivity contribution in [2.75, 3.05) is 11.1 Å². The van der Waals surface area contributed by atoms with Crippen LogP contribution in [-0.2, 0) is 0 Å². The van der Waals surface area contributed by atoms with Crippen molar-refractivity contribution >= 4 is 23.5 Å². The fourth-order valence-electron chi connectivity index (χ4n) is 3.33. The van der Waals surface area contributed by atoms with Gasteiger partial charge >= 0.3 is 0 Å². The normalized spacial score (nSPS) is 19.6. The standard InChI is InChI=1S/C18H18ClN5/c1-11-4-2-3-5-14(11)16-10-15(12-6-8-13(19)9-7-12)21-18-22-17(20)23-24(16)18/h2-9,15-16H,10H2,1H3,(H3,20,21,22,23)/t15-,16+/m1/s1. The highest BCUT2D eigenvalue weighted by Crippen LogP contribution is 2.39. The Kier molecular flexibility index (Phi) is 3.65. The summed E-state index contributed by atoms with van der Waals surface area (Å²) in [5.41, 5.74) is 9.49. The van der Waals surface area contributed by atoms with Gasteiger partial charge in [-0.3, -0.25) is 0 Å². The molecule has 0 amide bonds. The molecule has 1 aliphatic rings. The van der Waals surface area contributed by atoms with Crippen LogP contribution in [0.4, 0.5) is 11.9 Å². The van der Waals surface area contributed by atoms with Crippen LogP contribution in [0.15, 0.2) is 48.5 Å². The molecular formula is C18H18ClN5. The van der Waals surface area contributed by atoms with Crippen molar-refractivity contribution in [2.24, 2.45) is 0 Å². The summed E-state index contributed by atoms with van der Waals surface area (Å²) in [6, 6.07) is 16.5. The average Bonchev–Trinajstić information content (AvgIpc) is 2.95. The van der Waals surface area contributed by atoms with Gasteiger partial charge in [-0.05, 0) is 42.2 Å². The Balaban J connectivity index is 1.78. The second-order valence-corrected chi connectivity index (χ2v) is 6.53. The Morgan fingerprint density at radius 1 is 1.17 bits per heavy atom. The fraction of sp³-hybridized carbons (Fsp3) is 0.222. The minimum absolute atomic E-state index is 0.0907. The van der Waals surface area contributed by atoms with Crippen LogP contribution in [0.5, 0.6) is 0 Å². The number of nitrogens with zero attached hydrogens (tertiary/aromatic N) is 3. The number of nitrogens with two attached hydrogens (primary N) is 1. The molecule has 24 heavy (non-hydrogen) atoms. The number of aryl methyl sites for hydroxylation is 1. The van der Waals surface area contributed by atoms with Crippen molar-refractivity contribution in [1.29, 1.82) is 0 Å². The molecule has 0 fully saturated rings. The van der Waals surface area contributed by atoms with E-state index >= 15 is 0 Å². The number of anilines is 2. The smallest absolute Gasteiger partial charge is 0.241 e. The summed E-state index contributed by atoms with van der Waals surface area (Å²) in [7, 11) is 0. The van der Waals surface area contributed by atoms with Gasteiger partial charge in [0.25, 0.3) is 0 Å². The molecular weight excluding hydrogens is 322 g/mol. The molecule has 3 aromatic rings. The lowest BCUT2D eigenvalue weighted by Gasteiger charge is -2.32. The predicted molar refractivity (Wildman–Crippen MR) is 96.2 cm³/mol. The van der Waals surface area contributed by atoms with Gasteiger partial charge in [-0.25, -0.2) is 4.68 Å². The molecule has 0 bridgehead atoms. The molecule has 3 N–H and O–H groups in total. The number of aromatic nitrogens is 3. The minimum atomic E-state index is 0.0907. The molecule has 122 valence electrons. The SMILES string of the molecule is Cc1ccccc1[C@@H]1C[C@H](c2ccc(Cl)cc2)Nc2nc(N)nn21. The summed E-state index contributed by atoms with van der Waals surface area (Å²) in [6.07, 6.45) is 0.863. The number of nitrogens with one attached hydrogen (secondary N) is 1. The molecule has 4 rings (SSSR count). The molecule has 1 aromatic heterocycles. The van der Waals surface area contributed by atoms with Crippen LogP contribution in [0.3, 0.4) is 0 Å². The first-order chi connectivity index (χ1) is 11.6. The first-order valence-corrected chi connectivity index (χ1v) is 8.29. The summed E-state index contributed by atoms with van der Waals surface area (Å²) in [6.45, 7) is 2.12. The van der Waals surface area contributed by atoms with Crippen molar-refractivity contribution < 1.29 is 0 Å². The molecule has 1 aliphatic heterocycles. The number of fused-ring (bicyclic) bond motifs is 1. The Labute approximate surface area is 145 Å². The zero-order valence-electron chi connectivity index (χ0n) is 13.3. The Morgan fingerprint density at radius 3 is 2.67 bits per heavy atom. The zero-order valence-corrected chi connectivity index (χ0v) is 14.0. The molecule has 0 unspecified atom stereocenters. The monoisotopic (exact) mass is 339 g/mol. The number of halogens is 1. The molecule has 0 spiro atoms. The molecule has 2 heterocycles. The van der Waals surface area contributed by atoms with Gasteiger partial charge in [0.1, 0.15) is 0 Å². The lowest BCUT2D eigenvalue weighted by atomic mass is 9.91. The van der Waals surface area contributed by atoms with E-state index in [-0.39, 0.29) is 18.0 Å². The highest BCUT2D eigenvalue weighted by atomic mass is 35.5. The second-order valence-electron chi connectivity index (χ2n) is 6.09. The maximum Gasteiger partial charge on any atom is 0.241 e. The van der Waals surface area contributed by atoms with Crippen LogP contribution in [0.2, 0.25) is 5.02 Å². The summed E-state index contributed by atoms with van der Waals surface area (Å²) in [5.74, 6) is 0.986. The van der Waals surface area contributed by atoms with E-state index in [9.17, 15) is 0 Å². The van der Waals surface area contributed by atoms with E-state index in [0.29, 0.717) is 5.95 Å². The van der Waals surface area contributed by atoms with Crippen LogP contribution >= 0.6 is 11.6 Å². The van der Waals surface area contributed by atoms with E-state index in [2.05, 4.69) is 40.5 Å². The fourth-order valence-corrected chi connectivity index (χ4v) is 3.45. The summed E-state index contributed by atoms with van der Waals surface area (Å²) in [4.78, 5) is 4.34. The van der Waals surface area contributed by atoms with E-state index in [1.807, 2.05) is 35.0 Å². The third-order valence-electron chi connectivity index (χ3n) is 4.52. The Hall–Kier alpha value is -2.53.